The molecule has 2 rings (SSSR count). The van der Waals surface area contributed by atoms with Gasteiger partial charge in [0, 0.05) is 19.6 Å². The van der Waals surface area contributed by atoms with E-state index in [4.69, 9.17) is 0 Å². The quantitative estimate of drug-likeness (QED) is 0.723. The molecule has 0 bridgehead atoms. The van der Waals surface area contributed by atoms with Gasteiger partial charge in [-0.15, -0.1) is 0 Å². The molecule has 1 fully saturated rings. The smallest absolute Gasteiger partial charge is 0.225 e. The second-order valence-electron chi connectivity index (χ2n) is 4.24. The zero-order valence-electron chi connectivity index (χ0n) is 9.41. The van der Waals surface area contributed by atoms with Crippen LogP contribution in [0.15, 0.2) is 30.3 Å². The lowest BCUT2D eigenvalue weighted by atomic mass is 10.0. The van der Waals surface area contributed by atoms with E-state index in [0.29, 0.717) is 0 Å². The molecule has 0 aromatic heterocycles. The second kappa shape index (κ2) is 5.66. The molecule has 1 aromatic carbocycles. The number of benzene rings is 1. The van der Waals surface area contributed by atoms with Crippen molar-refractivity contribution in [1.82, 2.24) is 10.6 Å². The van der Waals surface area contributed by atoms with Gasteiger partial charge in [0.15, 0.2) is 0 Å². The fraction of sp³-hybridized carbons (Fsp3) is 0.462. The highest BCUT2D eigenvalue weighted by molar-refractivity contribution is 5.79. The van der Waals surface area contributed by atoms with E-state index in [9.17, 15) is 4.79 Å². The number of hydrogen-bond donors (Lipinski definition) is 2. The Morgan fingerprint density at radius 2 is 2.06 bits per heavy atom. The van der Waals surface area contributed by atoms with Crippen LogP contribution in [0.3, 0.4) is 0 Å². The van der Waals surface area contributed by atoms with Crippen molar-refractivity contribution < 1.29 is 4.79 Å². The van der Waals surface area contributed by atoms with Crippen LogP contribution in [0.5, 0.6) is 0 Å². The van der Waals surface area contributed by atoms with Crippen molar-refractivity contribution in [3.8, 4) is 0 Å². The zero-order chi connectivity index (χ0) is 11.2. The molecule has 3 heteroatoms. The molecule has 1 heterocycles. The minimum Gasteiger partial charge on any atom is -0.356 e. The summed E-state index contributed by atoms with van der Waals surface area (Å²) >= 11 is 0. The molecule has 1 aliphatic heterocycles. The first-order valence-electron chi connectivity index (χ1n) is 5.88. The van der Waals surface area contributed by atoms with Crippen LogP contribution in [0.4, 0.5) is 0 Å². The zero-order valence-corrected chi connectivity index (χ0v) is 9.41. The average molecular weight is 218 g/mol. The van der Waals surface area contributed by atoms with Crippen LogP contribution in [-0.2, 0) is 11.2 Å². The van der Waals surface area contributed by atoms with E-state index >= 15 is 0 Å². The van der Waals surface area contributed by atoms with Gasteiger partial charge in [0.2, 0.25) is 5.91 Å². The van der Waals surface area contributed by atoms with Crippen LogP contribution in [-0.4, -0.2) is 25.5 Å². The van der Waals surface area contributed by atoms with Crippen molar-refractivity contribution in [2.75, 3.05) is 19.6 Å². The monoisotopic (exact) mass is 218 g/mol. The van der Waals surface area contributed by atoms with Gasteiger partial charge in [-0.25, -0.2) is 0 Å². The normalized spacial score (nSPS) is 15.5. The van der Waals surface area contributed by atoms with Crippen molar-refractivity contribution in [3.63, 3.8) is 0 Å². The predicted octanol–water partition coefficient (Wildman–Crippen LogP) is 0.955. The molecule has 0 saturated carbocycles. The molecule has 3 nitrogen and oxygen atoms in total. The van der Waals surface area contributed by atoms with E-state index in [2.05, 4.69) is 22.8 Å². The molecular weight excluding hydrogens is 200 g/mol. The van der Waals surface area contributed by atoms with E-state index in [1.807, 2.05) is 18.2 Å². The highest BCUT2D eigenvalue weighted by atomic mass is 16.2. The van der Waals surface area contributed by atoms with E-state index in [-0.39, 0.29) is 11.8 Å². The van der Waals surface area contributed by atoms with E-state index in [0.717, 1.165) is 32.5 Å². The average Bonchev–Trinajstić information content (AvgIpc) is 2.23. The van der Waals surface area contributed by atoms with Gasteiger partial charge < -0.3 is 10.6 Å². The summed E-state index contributed by atoms with van der Waals surface area (Å²) in [6.07, 6.45) is 2.04. The molecule has 0 radical (unpaired) electrons. The Labute approximate surface area is 96.2 Å². The van der Waals surface area contributed by atoms with Gasteiger partial charge in [-0.05, 0) is 18.4 Å². The van der Waals surface area contributed by atoms with E-state index in [1.54, 1.807) is 0 Å². The number of rotatable bonds is 5. The minimum atomic E-state index is 0.201. The first kappa shape index (κ1) is 11.1. The van der Waals surface area contributed by atoms with Crippen LogP contribution in [0, 0.1) is 5.92 Å². The van der Waals surface area contributed by atoms with Crippen LogP contribution in [0.1, 0.15) is 12.0 Å². The van der Waals surface area contributed by atoms with Gasteiger partial charge >= 0.3 is 0 Å². The number of aryl methyl sites for hydroxylation is 1. The standard InChI is InChI=1S/C13H18N2O/c16-13(12-9-14-10-12)15-8-4-7-11-5-2-1-3-6-11/h1-3,5-6,12,14H,4,7-10H2,(H,15,16). The fourth-order valence-electron chi connectivity index (χ4n) is 1.77. The third-order valence-corrected chi connectivity index (χ3v) is 2.94. The van der Waals surface area contributed by atoms with Crippen molar-refractivity contribution in [2.24, 2.45) is 5.92 Å². The maximum Gasteiger partial charge on any atom is 0.225 e. The number of amides is 1. The van der Waals surface area contributed by atoms with Crippen molar-refractivity contribution >= 4 is 5.91 Å². The summed E-state index contributed by atoms with van der Waals surface area (Å²) < 4.78 is 0. The number of nitrogens with one attached hydrogen (secondary N) is 2. The number of carbonyl (C=O) groups is 1. The first-order chi connectivity index (χ1) is 7.86. The Kier molecular flexibility index (Phi) is 3.94. The van der Waals surface area contributed by atoms with Crippen molar-refractivity contribution in [2.45, 2.75) is 12.8 Å². The molecule has 0 atom stereocenters. The summed E-state index contributed by atoms with van der Waals surface area (Å²) in [4.78, 5) is 11.5. The molecule has 0 spiro atoms. The highest BCUT2D eigenvalue weighted by Gasteiger charge is 2.23. The molecule has 1 saturated heterocycles. The molecule has 86 valence electrons. The lowest BCUT2D eigenvalue weighted by molar-refractivity contribution is -0.126. The Bertz CT molecular complexity index is 333. The summed E-state index contributed by atoms with van der Waals surface area (Å²) in [5.74, 6) is 0.406. The Balaban J connectivity index is 1.60. The largest absolute Gasteiger partial charge is 0.356 e. The molecule has 16 heavy (non-hydrogen) atoms. The summed E-state index contributed by atoms with van der Waals surface area (Å²) in [5, 5.41) is 6.07. The van der Waals surface area contributed by atoms with Gasteiger partial charge in [0.25, 0.3) is 0 Å². The lowest BCUT2D eigenvalue weighted by Gasteiger charge is -2.25. The number of carbonyl (C=O) groups excluding carboxylic acids is 1. The van der Waals surface area contributed by atoms with Crippen LogP contribution >= 0.6 is 0 Å². The summed E-state index contributed by atoms with van der Waals surface area (Å²) in [6.45, 7) is 2.46. The van der Waals surface area contributed by atoms with Crippen molar-refractivity contribution in [1.29, 1.82) is 0 Å². The molecule has 1 aliphatic rings. The van der Waals surface area contributed by atoms with Gasteiger partial charge in [0.1, 0.15) is 0 Å². The molecule has 1 amide bonds. The van der Waals surface area contributed by atoms with Gasteiger partial charge in [-0.1, -0.05) is 30.3 Å². The van der Waals surface area contributed by atoms with Crippen LogP contribution < -0.4 is 10.6 Å². The summed E-state index contributed by atoms with van der Waals surface area (Å²) in [7, 11) is 0. The highest BCUT2D eigenvalue weighted by Crippen LogP contribution is 2.03. The maximum absolute atomic E-state index is 11.5. The molecule has 0 aliphatic carbocycles. The van der Waals surface area contributed by atoms with E-state index < -0.39 is 0 Å². The van der Waals surface area contributed by atoms with Crippen LogP contribution in [0.25, 0.3) is 0 Å². The first-order valence-corrected chi connectivity index (χ1v) is 5.88. The molecule has 0 unspecified atom stereocenters. The van der Waals surface area contributed by atoms with Gasteiger partial charge in [-0.2, -0.15) is 0 Å². The molecular formula is C13H18N2O. The Morgan fingerprint density at radius 3 is 2.69 bits per heavy atom. The minimum absolute atomic E-state index is 0.201. The summed E-state index contributed by atoms with van der Waals surface area (Å²) in [5.41, 5.74) is 1.34. The Hall–Kier alpha value is -1.35. The van der Waals surface area contributed by atoms with Gasteiger partial charge in [0.05, 0.1) is 5.92 Å². The van der Waals surface area contributed by atoms with Gasteiger partial charge in [-0.3, -0.25) is 4.79 Å². The lowest BCUT2D eigenvalue weighted by Crippen LogP contribution is -2.50. The topological polar surface area (TPSA) is 41.1 Å². The van der Waals surface area contributed by atoms with Crippen LogP contribution in [0.2, 0.25) is 0 Å². The maximum atomic E-state index is 11.5. The fourth-order valence-corrected chi connectivity index (χ4v) is 1.77. The summed E-state index contributed by atoms with van der Waals surface area (Å²) in [6, 6.07) is 10.4. The van der Waals surface area contributed by atoms with Crippen molar-refractivity contribution in [3.05, 3.63) is 35.9 Å². The second-order valence-corrected chi connectivity index (χ2v) is 4.24. The molecule has 1 aromatic rings. The van der Waals surface area contributed by atoms with E-state index in [1.165, 1.54) is 5.56 Å². The molecule has 2 N–H and O–H groups in total. The third kappa shape index (κ3) is 3.07. The SMILES string of the molecule is O=C(NCCCc1ccccc1)C1CNC1. The number of hydrogen-bond acceptors (Lipinski definition) is 2. The Morgan fingerprint density at radius 1 is 1.31 bits per heavy atom. The predicted molar refractivity (Wildman–Crippen MR) is 64.1 cm³/mol. The third-order valence-electron chi connectivity index (χ3n) is 2.94.